The molecular formula is C27H24F3N3O5S2. The number of anilines is 2. The van der Waals surface area contributed by atoms with Crippen LogP contribution < -0.4 is 14.7 Å². The van der Waals surface area contributed by atoms with Gasteiger partial charge in [-0.15, -0.1) is 0 Å². The summed E-state index contributed by atoms with van der Waals surface area (Å²) < 4.78 is 47.9. The van der Waals surface area contributed by atoms with Crippen molar-refractivity contribution in [1.82, 2.24) is 4.57 Å². The largest absolute Gasteiger partial charge is 0.465 e. The number of rotatable bonds is 6. The maximum atomic E-state index is 13.9. The number of halogens is 3. The van der Waals surface area contributed by atoms with Gasteiger partial charge in [0.05, 0.1) is 28.8 Å². The average Bonchev–Trinajstić information content (AvgIpc) is 3.34. The van der Waals surface area contributed by atoms with Crippen molar-refractivity contribution in [2.75, 3.05) is 30.5 Å². The molecule has 3 atom stereocenters. The topological polar surface area (TPSA) is 88.9 Å². The molecule has 210 valence electrons. The molecule has 1 fully saturated rings. The van der Waals surface area contributed by atoms with Crippen molar-refractivity contribution in [2.45, 2.75) is 35.8 Å². The minimum atomic E-state index is -4.79. The van der Waals surface area contributed by atoms with Crippen LogP contribution >= 0.6 is 23.1 Å². The van der Waals surface area contributed by atoms with Crippen molar-refractivity contribution >= 4 is 52.3 Å². The zero-order chi connectivity index (χ0) is 28.9. The quantitative estimate of drug-likeness (QED) is 0.311. The Kier molecular flexibility index (Phi) is 7.29. The maximum Gasteiger partial charge on any atom is 0.418 e. The van der Waals surface area contributed by atoms with Crippen LogP contribution in [0.25, 0.3) is 0 Å². The lowest BCUT2D eigenvalue weighted by atomic mass is 9.83. The van der Waals surface area contributed by atoms with E-state index in [0.29, 0.717) is 20.4 Å². The second-order valence-electron chi connectivity index (χ2n) is 9.48. The monoisotopic (exact) mass is 591 g/mol. The summed E-state index contributed by atoms with van der Waals surface area (Å²) in [4.78, 5) is 55.5. The molecule has 0 N–H and O–H groups in total. The molecule has 2 unspecified atom stereocenters. The third-order valence-electron chi connectivity index (χ3n) is 6.86. The van der Waals surface area contributed by atoms with Crippen molar-refractivity contribution in [2.24, 2.45) is 5.92 Å². The van der Waals surface area contributed by atoms with E-state index >= 15 is 0 Å². The lowest BCUT2D eigenvalue weighted by Crippen LogP contribution is -2.33. The fourth-order valence-electron chi connectivity index (χ4n) is 5.08. The first-order chi connectivity index (χ1) is 18.9. The first kappa shape index (κ1) is 28.0. The van der Waals surface area contributed by atoms with E-state index in [0.717, 1.165) is 40.9 Å². The molecule has 0 saturated carbocycles. The molecule has 1 aromatic heterocycles. The minimum Gasteiger partial charge on any atom is -0.465 e. The van der Waals surface area contributed by atoms with Gasteiger partial charge >= 0.3 is 17.0 Å². The Morgan fingerprint density at radius 3 is 2.33 bits per heavy atom. The van der Waals surface area contributed by atoms with Crippen molar-refractivity contribution in [3.8, 4) is 0 Å². The van der Waals surface area contributed by atoms with Gasteiger partial charge < -0.3 is 9.64 Å². The van der Waals surface area contributed by atoms with Gasteiger partial charge in [-0.2, -0.15) is 13.2 Å². The van der Waals surface area contributed by atoms with Gasteiger partial charge in [0, 0.05) is 30.6 Å². The number of benzene rings is 2. The van der Waals surface area contributed by atoms with E-state index in [1.54, 1.807) is 19.1 Å². The number of nitrogens with zero attached hydrogens (tertiary/aromatic N) is 3. The molecule has 2 aliphatic rings. The Bertz CT molecular complexity index is 1550. The number of para-hydroxylation sites is 1. The molecule has 0 radical (unpaired) electrons. The number of fused-ring (bicyclic) bond motifs is 2. The molecule has 0 bridgehead atoms. The zero-order valence-corrected chi connectivity index (χ0v) is 23.2. The molecule has 1 saturated heterocycles. The van der Waals surface area contributed by atoms with Crippen molar-refractivity contribution in [3.05, 3.63) is 74.2 Å². The number of esters is 1. The number of hydrogen-bond acceptors (Lipinski definition) is 8. The number of amides is 2. The molecule has 2 aliphatic heterocycles. The van der Waals surface area contributed by atoms with E-state index in [-0.39, 0.29) is 6.61 Å². The van der Waals surface area contributed by atoms with E-state index in [2.05, 4.69) is 0 Å². The van der Waals surface area contributed by atoms with Gasteiger partial charge in [0.15, 0.2) is 0 Å². The highest BCUT2D eigenvalue weighted by Gasteiger charge is 2.57. The molecule has 5 rings (SSSR count). The van der Waals surface area contributed by atoms with Crippen molar-refractivity contribution in [3.63, 3.8) is 0 Å². The summed E-state index contributed by atoms with van der Waals surface area (Å²) in [6.45, 7) is 1.35. The number of thioether (sulfide) groups is 1. The van der Waals surface area contributed by atoms with Gasteiger partial charge in [0.25, 0.3) is 0 Å². The number of aromatic nitrogens is 1. The normalized spacial score (nSPS) is 20.4. The SMILES string of the molecule is CCOC(=O)Cn1c2c(sc1=O)[C@H](c1ccc(N(C)C)cc1)C1C(=O)N(c3ccccc3C(F)(F)F)C(=O)C1S2. The van der Waals surface area contributed by atoms with Gasteiger partial charge in [-0.25, -0.2) is 4.90 Å². The number of carbonyl (C=O) groups excluding carboxylic acids is 3. The highest BCUT2D eigenvalue weighted by Crippen LogP contribution is 2.54. The van der Waals surface area contributed by atoms with E-state index in [1.165, 1.54) is 16.7 Å². The van der Waals surface area contributed by atoms with Gasteiger partial charge in [0.1, 0.15) is 11.8 Å². The van der Waals surface area contributed by atoms with Gasteiger partial charge in [0.2, 0.25) is 11.8 Å². The van der Waals surface area contributed by atoms with E-state index in [1.807, 2.05) is 31.1 Å². The van der Waals surface area contributed by atoms with Crippen LogP contribution in [0.3, 0.4) is 0 Å². The first-order valence-corrected chi connectivity index (χ1v) is 14.0. The number of hydrogen-bond donors (Lipinski definition) is 0. The molecule has 0 aliphatic carbocycles. The standard InChI is InChI=1S/C27H24F3N3O5S2/c1-4-38-18(34)13-32-25-22(40-26(32)37)19(14-9-11-15(12-10-14)31(2)3)20-21(39-25)24(36)33(23(20)35)17-8-6-5-7-16(17)27(28,29)30/h5-12,19-21H,4,13H2,1-3H3/t19-,20?,21?/m1/s1. The molecule has 8 nitrogen and oxygen atoms in total. The number of thiazole rings is 1. The summed E-state index contributed by atoms with van der Waals surface area (Å²) in [6.07, 6.45) is -4.79. The van der Waals surface area contributed by atoms with E-state index in [9.17, 15) is 32.3 Å². The van der Waals surface area contributed by atoms with Crippen LogP contribution in [0.5, 0.6) is 0 Å². The fourth-order valence-corrected chi connectivity index (χ4v) is 7.85. The maximum absolute atomic E-state index is 13.9. The van der Waals surface area contributed by atoms with Gasteiger partial charge in [-0.3, -0.25) is 23.7 Å². The second-order valence-corrected chi connectivity index (χ2v) is 11.6. The smallest absolute Gasteiger partial charge is 0.418 e. The zero-order valence-electron chi connectivity index (χ0n) is 21.6. The van der Waals surface area contributed by atoms with Crippen molar-refractivity contribution in [1.29, 1.82) is 0 Å². The Morgan fingerprint density at radius 2 is 1.70 bits per heavy atom. The van der Waals surface area contributed by atoms with Crippen LogP contribution in [0, 0.1) is 5.92 Å². The Morgan fingerprint density at radius 1 is 1.02 bits per heavy atom. The van der Waals surface area contributed by atoms with Crippen LogP contribution in [-0.2, 0) is 31.8 Å². The van der Waals surface area contributed by atoms with Crippen molar-refractivity contribution < 1.29 is 32.3 Å². The molecule has 3 heterocycles. The summed E-state index contributed by atoms with van der Waals surface area (Å²) in [5.74, 6) is -4.08. The van der Waals surface area contributed by atoms with Crippen LogP contribution in [0.15, 0.2) is 58.4 Å². The van der Waals surface area contributed by atoms with Gasteiger partial charge in [-0.05, 0) is 36.8 Å². The van der Waals surface area contributed by atoms with E-state index < -0.39 is 63.7 Å². The summed E-state index contributed by atoms with van der Waals surface area (Å²) in [6, 6.07) is 11.7. The number of ether oxygens (including phenoxy) is 1. The molecule has 2 aromatic carbocycles. The lowest BCUT2D eigenvalue weighted by Gasteiger charge is -2.31. The highest BCUT2D eigenvalue weighted by atomic mass is 32.2. The summed E-state index contributed by atoms with van der Waals surface area (Å²) in [7, 11) is 3.72. The molecule has 13 heteroatoms. The van der Waals surface area contributed by atoms with Crippen LogP contribution in [0.4, 0.5) is 24.5 Å². The van der Waals surface area contributed by atoms with Gasteiger partial charge in [-0.1, -0.05) is 47.4 Å². The van der Waals surface area contributed by atoms with Crippen LogP contribution in [0.1, 0.15) is 28.8 Å². The average molecular weight is 592 g/mol. The Hall–Kier alpha value is -3.58. The predicted octanol–water partition coefficient (Wildman–Crippen LogP) is 4.35. The predicted molar refractivity (Wildman–Crippen MR) is 145 cm³/mol. The lowest BCUT2D eigenvalue weighted by molar-refractivity contribution is -0.144. The summed E-state index contributed by atoms with van der Waals surface area (Å²) >= 11 is 1.78. The molecule has 2 amide bonds. The Labute approximate surface area is 235 Å². The summed E-state index contributed by atoms with van der Waals surface area (Å²) in [5.41, 5.74) is -0.137. The van der Waals surface area contributed by atoms with E-state index in [4.69, 9.17) is 4.74 Å². The second kappa shape index (κ2) is 10.4. The minimum absolute atomic E-state index is 0.110. The first-order valence-electron chi connectivity index (χ1n) is 12.3. The molecule has 40 heavy (non-hydrogen) atoms. The highest BCUT2D eigenvalue weighted by molar-refractivity contribution is 8.00. The number of alkyl halides is 3. The van der Waals surface area contributed by atoms with Crippen LogP contribution in [0.2, 0.25) is 0 Å². The molecular weight excluding hydrogens is 567 g/mol. The third kappa shape index (κ3) is 4.70. The fraction of sp³-hybridized carbons (Fsp3) is 0.333. The number of carbonyl (C=O) groups is 3. The molecule has 3 aromatic rings. The summed E-state index contributed by atoms with van der Waals surface area (Å²) in [5, 5.41) is -0.777. The molecule has 0 spiro atoms. The third-order valence-corrected chi connectivity index (χ3v) is 9.46. The van der Waals surface area contributed by atoms with Crippen LogP contribution in [-0.4, -0.2) is 48.3 Å². The number of imide groups is 1. The Balaban J connectivity index is 1.66.